The van der Waals surface area contributed by atoms with Crippen LogP contribution in [0.3, 0.4) is 0 Å². The van der Waals surface area contributed by atoms with Crippen molar-refractivity contribution in [2.75, 3.05) is 6.54 Å². The van der Waals surface area contributed by atoms with E-state index in [1.807, 2.05) is 0 Å². The van der Waals surface area contributed by atoms with Gasteiger partial charge in [0.05, 0.1) is 4.88 Å². The lowest BCUT2D eigenvalue weighted by Crippen LogP contribution is -2.51. The van der Waals surface area contributed by atoms with Crippen LogP contribution in [-0.2, 0) is 17.4 Å². The van der Waals surface area contributed by atoms with Crippen molar-refractivity contribution in [3.05, 3.63) is 40.6 Å². The Labute approximate surface area is 169 Å². The minimum absolute atomic E-state index is 0.296. The summed E-state index contributed by atoms with van der Waals surface area (Å²) in [6.07, 6.45) is -3.36. The zero-order chi connectivity index (χ0) is 21.8. The van der Waals surface area contributed by atoms with Gasteiger partial charge in [-0.15, -0.1) is 11.3 Å². The molecule has 0 unspecified atom stereocenters. The van der Waals surface area contributed by atoms with Crippen LogP contribution < -0.4 is 10.6 Å². The van der Waals surface area contributed by atoms with Crippen molar-refractivity contribution in [1.29, 1.82) is 0 Å². The molecule has 0 saturated heterocycles. The summed E-state index contributed by atoms with van der Waals surface area (Å²) in [5, 5.41) is 17.0. The van der Waals surface area contributed by atoms with E-state index < -0.39 is 48.4 Å². The van der Waals surface area contributed by atoms with E-state index >= 15 is 0 Å². The number of aromatic nitrogens is 2. The Morgan fingerprint density at radius 2 is 2.03 bits per heavy atom. The maximum atomic E-state index is 13.5. The largest absolute Gasteiger partial charge is 0.424 e. The molecule has 2 amide bonds. The second kappa shape index (κ2) is 8.95. The van der Waals surface area contributed by atoms with Crippen molar-refractivity contribution < 1.29 is 27.9 Å². The predicted molar refractivity (Wildman–Crippen MR) is 101 cm³/mol. The molecule has 2 heterocycles. The standard InChI is InChI=1S/C18H23F3N4O3S/c1-11(2)13(24-14(26)12-5-4-10-29-12)15(27)22-7-6-17(28,18(19,20)21)16-23-8-9-25(16)3/h4-5,8-11,13,28H,6-7H2,1-3H3,(H,22,27)(H,24,26)/t13-,17-/m1/s1. The molecule has 0 aliphatic rings. The van der Waals surface area contributed by atoms with Gasteiger partial charge in [-0.2, -0.15) is 13.2 Å². The number of nitrogens with zero attached hydrogens (tertiary/aromatic N) is 2. The summed E-state index contributed by atoms with van der Waals surface area (Å²) in [4.78, 5) is 28.7. The molecule has 2 rings (SSSR count). The molecule has 2 atom stereocenters. The van der Waals surface area contributed by atoms with Gasteiger partial charge in [-0.05, 0) is 17.4 Å². The maximum absolute atomic E-state index is 13.5. The summed E-state index contributed by atoms with van der Waals surface area (Å²) in [6.45, 7) is 2.96. The number of carbonyl (C=O) groups excluding carboxylic acids is 2. The van der Waals surface area contributed by atoms with Crippen molar-refractivity contribution in [3.8, 4) is 0 Å². The molecule has 160 valence electrons. The lowest BCUT2D eigenvalue weighted by molar-refractivity contribution is -0.272. The average Bonchev–Trinajstić information content (AvgIpc) is 3.29. The van der Waals surface area contributed by atoms with E-state index in [0.29, 0.717) is 4.88 Å². The van der Waals surface area contributed by atoms with Crippen molar-refractivity contribution in [2.24, 2.45) is 13.0 Å². The number of thiophene rings is 1. The van der Waals surface area contributed by atoms with Gasteiger partial charge < -0.3 is 20.3 Å². The van der Waals surface area contributed by atoms with Crippen molar-refractivity contribution >= 4 is 23.2 Å². The lowest BCUT2D eigenvalue weighted by atomic mass is 9.97. The third-order valence-corrected chi connectivity index (χ3v) is 5.30. The number of alkyl halides is 3. The van der Waals surface area contributed by atoms with Crippen molar-refractivity contribution in [1.82, 2.24) is 20.2 Å². The van der Waals surface area contributed by atoms with Gasteiger partial charge in [0.25, 0.3) is 5.91 Å². The van der Waals surface area contributed by atoms with Crippen LogP contribution in [0, 0.1) is 5.92 Å². The third kappa shape index (κ3) is 5.15. The van der Waals surface area contributed by atoms with Gasteiger partial charge in [-0.1, -0.05) is 19.9 Å². The molecule has 2 aromatic rings. The molecular formula is C18H23F3N4O3S. The number of hydrogen-bond donors (Lipinski definition) is 3. The highest BCUT2D eigenvalue weighted by atomic mass is 32.1. The molecule has 11 heteroatoms. The number of aliphatic hydroxyl groups is 1. The topological polar surface area (TPSA) is 96.2 Å². The van der Waals surface area contributed by atoms with E-state index in [1.165, 1.54) is 24.6 Å². The third-order valence-electron chi connectivity index (χ3n) is 4.43. The summed E-state index contributed by atoms with van der Waals surface area (Å²) >= 11 is 1.21. The van der Waals surface area contributed by atoms with E-state index in [4.69, 9.17) is 0 Å². The van der Waals surface area contributed by atoms with Gasteiger partial charge in [-0.25, -0.2) is 4.98 Å². The minimum Gasteiger partial charge on any atom is -0.374 e. The summed E-state index contributed by atoms with van der Waals surface area (Å²) in [5.74, 6) is -1.93. The highest BCUT2D eigenvalue weighted by Gasteiger charge is 2.57. The Balaban J connectivity index is 2.05. The molecule has 29 heavy (non-hydrogen) atoms. The number of aryl methyl sites for hydroxylation is 1. The quantitative estimate of drug-likeness (QED) is 0.596. The first-order chi connectivity index (χ1) is 13.5. The molecule has 0 bridgehead atoms. The normalized spacial score (nSPS) is 15.0. The Hall–Kier alpha value is -2.40. The Morgan fingerprint density at radius 3 is 2.52 bits per heavy atom. The zero-order valence-electron chi connectivity index (χ0n) is 16.2. The second-order valence-corrected chi connectivity index (χ2v) is 7.88. The van der Waals surface area contributed by atoms with E-state index in [1.54, 1.807) is 31.4 Å². The van der Waals surface area contributed by atoms with Crippen molar-refractivity contribution in [2.45, 2.75) is 38.1 Å². The fourth-order valence-electron chi connectivity index (χ4n) is 2.78. The Bertz CT molecular complexity index is 836. The molecule has 0 aliphatic carbocycles. The van der Waals surface area contributed by atoms with Crippen LogP contribution in [-0.4, -0.2) is 45.2 Å². The molecule has 0 aliphatic heterocycles. The average molecular weight is 432 g/mol. The summed E-state index contributed by atoms with van der Waals surface area (Å²) in [6, 6.07) is 2.36. The number of halogens is 3. The fraction of sp³-hybridized carbons (Fsp3) is 0.500. The van der Waals surface area contributed by atoms with Gasteiger partial charge in [0, 0.05) is 32.4 Å². The van der Waals surface area contributed by atoms with Gasteiger partial charge in [-0.3, -0.25) is 9.59 Å². The number of amides is 2. The number of carbonyl (C=O) groups is 2. The summed E-state index contributed by atoms with van der Waals surface area (Å²) in [5.41, 5.74) is -3.22. The number of rotatable bonds is 8. The van der Waals surface area contributed by atoms with Crippen LogP contribution in [0.5, 0.6) is 0 Å². The van der Waals surface area contributed by atoms with E-state index in [-0.39, 0.29) is 5.92 Å². The van der Waals surface area contributed by atoms with Crippen LogP contribution >= 0.6 is 11.3 Å². The highest BCUT2D eigenvalue weighted by Crippen LogP contribution is 2.40. The molecule has 0 saturated carbocycles. The van der Waals surface area contributed by atoms with Crippen LogP contribution in [0.25, 0.3) is 0 Å². The van der Waals surface area contributed by atoms with Crippen LogP contribution in [0.4, 0.5) is 13.2 Å². The number of nitrogens with one attached hydrogen (secondary N) is 2. The van der Waals surface area contributed by atoms with E-state index in [0.717, 1.165) is 10.8 Å². The van der Waals surface area contributed by atoms with Gasteiger partial charge in [0.2, 0.25) is 11.5 Å². The smallest absolute Gasteiger partial charge is 0.374 e. The number of imidazole rings is 1. The zero-order valence-corrected chi connectivity index (χ0v) is 17.0. The van der Waals surface area contributed by atoms with Gasteiger partial charge in [0.15, 0.2) is 0 Å². The lowest BCUT2D eigenvalue weighted by Gasteiger charge is -2.30. The summed E-state index contributed by atoms with van der Waals surface area (Å²) in [7, 11) is 1.34. The summed E-state index contributed by atoms with van der Waals surface area (Å²) < 4.78 is 41.6. The molecule has 0 spiro atoms. The molecule has 0 aromatic carbocycles. The molecule has 2 aromatic heterocycles. The monoisotopic (exact) mass is 432 g/mol. The van der Waals surface area contributed by atoms with E-state index in [2.05, 4.69) is 15.6 Å². The van der Waals surface area contributed by atoms with Crippen molar-refractivity contribution in [3.63, 3.8) is 0 Å². The first kappa shape index (κ1) is 22.9. The van der Waals surface area contributed by atoms with Crippen LogP contribution in [0.2, 0.25) is 0 Å². The van der Waals surface area contributed by atoms with Gasteiger partial charge >= 0.3 is 6.18 Å². The molecular weight excluding hydrogens is 409 g/mol. The first-order valence-corrected chi connectivity index (χ1v) is 9.74. The second-order valence-electron chi connectivity index (χ2n) is 6.93. The molecule has 0 fully saturated rings. The SMILES string of the molecule is CC(C)[C@@H](NC(=O)c1cccs1)C(=O)NCC[C@@](O)(c1nccn1C)C(F)(F)F. The Kier molecular flexibility index (Phi) is 7.06. The Morgan fingerprint density at radius 1 is 1.34 bits per heavy atom. The van der Waals surface area contributed by atoms with Crippen LogP contribution in [0.15, 0.2) is 29.9 Å². The van der Waals surface area contributed by atoms with Gasteiger partial charge in [0.1, 0.15) is 11.9 Å². The molecule has 0 radical (unpaired) electrons. The molecule has 7 nitrogen and oxygen atoms in total. The van der Waals surface area contributed by atoms with E-state index in [9.17, 15) is 27.9 Å². The minimum atomic E-state index is -4.98. The highest BCUT2D eigenvalue weighted by molar-refractivity contribution is 7.12. The number of hydrogen-bond acceptors (Lipinski definition) is 5. The molecule has 3 N–H and O–H groups in total. The fourth-order valence-corrected chi connectivity index (χ4v) is 3.40. The van der Waals surface area contributed by atoms with Crippen LogP contribution in [0.1, 0.15) is 35.8 Å². The maximum Gasteiger partial charge on any atom is 0.424 e. The predicted octanol–water partition coefficient (Wildman–Crippen LogP) is 2.19. The first-order valence-electron chi connectivity index (χ1n) is 8.86.